The lowest BCUT2D eigenvalue weighted by molar-refractivity contribution is -0.384. The summed E-state index contributed by atoms with van der Waals surface area (Å²) in [6.45, 7) is 2.06. The number of carbonyl (C=O) groups is 1. The zero-order valence-corrected chi connectivity index (χ0v) is 16.1. The molecule has 1 unspecified atom stereocenters. The molecule has 0 saturated carbocycles. The Morgan fingerprint density at radius 1 is 1.30 bits per heavy atom. The van der Waals surface area contributed by atoms with Crippen LogP contribution in [0.2, 0.25) is 5.02 Å². The Bertz CT molecular complexity index is 839. The number of piperazine rings is 1. The standard InChI is InChI=1S/C16H20ClN3O6S/c17-14-9-12(20(22)23)1-2-15(14)26-10-16(21)19-6-4-18(5-7-19)13-3-8-27(24,25)11-13/h1-2,9,13H,3-8,10-11H2. The highest BCUT2D eigenvalue weighted by atomic mass is 35.5. The van der Waals surface area contributed by atoms with Crippen molar-refractivity contribution >= 4 is 33.0 Å². The van der Waals surface area contributed by atoms with E-state index in [1.54, 1.807) is 4.90 Å². The number of nitro groups is 1. The first-order valence-electron chi connectivity index (χ1n) is 8.54. The molecule has 1 aromatic rings. The van der Waals surface area contributed by atoms with E-state index in [4.69, 9.17) is 16.3 Å². The zero-order chi connectivity index (χ0) is 19.6. The minimum Gasteiger partial charge on any atom is -0.482 e. The maximum absolute atomic E-state index is 12.3. The maximum atomic E-state index is 12.3. The third-order valence-corrected chi connectivity index (χ3v) is 6.91. The van der Waals surface area contributed by atoms with E-state index >= 15 is 0 Å². The zero-order valence-electron chi connectivity index (χ0n) is 14.5. The van der Waals surface area contributed by atoms with Crippen LogP contribution in [-0.4, -0.2) is 79.4 Å². The smallest absolute Gasteiger partial charge is 0.271 e. The minimum absolute atomic E-state index is 0.0439. The Morgan fingerprint density at radius 3 is 2.56 bits per heavy atom. The predicted molar refractivity (Wildman–Crippen MR) is 98.8 cm³/mol. The molecular formula is C16H20ClN3O6S. The lowest BCUT2D eigenvalue weighted by Crippen LogP contribution is -2.53. The second-order valence-electron chi connectivity index (χ2n) is 6.63. The van der Waals surface area contributed by atoms with Crippen molar-refractivity contribution < 1.29 is 22.9 Å². The number of amides is 1. The molecule has 2 heterocycles. The molecule has 2 aliphatic rings. The number of non-ortho nitro benzene ring substituents is 1. The Hall–Kier alpha value is -1.91. The lowest BCUT2D eigenvalue weighted by atomic mass is 10.2. The highest BCUT2D eigenvalue weighted by Gasteiger charge is 2.34. The van der Waals surface area contributed by atoms with Gasteiger partial charge in [0.05, 0.1) is 21.5 Å². The summed E-state index contributed by atoms with van der Waals surface area (Å²) in [6.07, 6.45) is 0.651. The fraction of sp³-hybridized carbons (Fsp3) is 0.562. The van der Waals surface area contributed by atoms with Crippen molar-refractivity contribution in [3.63, 3.8) is 0 Å². The first-order chi connectivity index (χ1) is 12.7. The van der Waals surface area contributed by atoms with Crippen LogP contribution in [0, 0.1) is 10.1 Å². The van der Waals surface area contributed by atoms with Gasteiger partial charge in [0.15, 0.2) is 16.4 Å². The van der Waals surface area contributed by atoms with Gasteiger partial charge in [0.25, 0.3) is 11.6 Å². The summed E-state index contributed by atoms with van der Waals surface area (Å²) in [7, 11) is -2.92. The highest BCUT2D eigenvalue weighted by molar-refractivity contribution is 7.91. The fourth-order valence-corrected chi connectivity index (χ4v) is 5.34. The normalized spacial score (nSPS) is 22.6. The molecule has 27 heavy (non-hydrogen) atoms. The molecule has 0 aromatic heterocycles. The molecule has 3 rings (SSSR count). The second kappa shape index (κ2) is 7.99. The molecule has 2 saturated heterocycles. The average molecular weight is 418 g/mol. The van der Waals surface area contributed by atoms with Crippen LogP contribution in [0.5, 0.6) is 5.75 Å². The molecule has 1 atom stereocenters. The Labute approximate surface area is 161 Å². The van der Waals surface area contributed by atoms with Gasteiger partial charge in [-0.05, 0) is 12.5 Å². The van der Waals surface area contributed by atoms with Crippen molar-refractivity contribution in [1.29, 1.82) is 0 Å². The van der Waals surface area contributed by atoms with Gasteiger partial charge in [0.2, 0.25) is 0 Å². The van der Waals surface area contributed by atoms with Crippen molar-refractivity contribution in [2.75, 3.05) is 44.3 Å². The molecule has 1 amide bonds. The van der Waals surface area contributed by atoms with Crippen LogP contribution in [0.25, 0.3) is 0 Å². The van der Waals surface area contributed by atoms with Crippen molar-refractivity contribution in [1.82, 2.24) is 9.80 Å². The van der Waals surface area contributed by atoms with E-state index in [-0.39, 0.29) is 46.5 Å². The van der Waals surface area contributed by atoms with E-state index in [1.165, 1.54) is 18.2 Å². The van der Waals surface area contributed by atoms with Gasteiger partial charge in [0, 0.05) is 44.4 Å². The number of nitro benzene ring substituents is 1. The van der Waals surface area contributed by atoms with Gasteiger partial charge in [0.1, 0.15) is 5.75 Å². The summed E-state index contributed by atoms with van der Waals surface area (Å²) in [5.41, 5.74) is -0.149. The largest absolute Gasteiger partial charge is 0.482 e. The number of nitrogens with zero attached hydrogens (tertiary/aromatic N) is 3. The van der Waals surface area contributed by atoms with Crippen molar-refractivity contribution in [2.24, 2.45) is 0 Å². The van der Waals surface area contributed by atoms with Crippen molar-refractivity contribution in [3.8, 4) is 5.75 Å². The third-order valence-electron chi connectivity index (χ3n) is 4.87. The van der Waals surface area contributed by atoms with Gasteiger partial charge in [-0.25, -0.2) is 8.42 Å². The Kier molecular flexibility index (Phi) is 5.87. The highest BCUT2D eigenvalue weighted by Crippen LogP contribution is 2.28. The fourth-order valence-electron chi connectivity index (χ4n) is 3.35. The number of sulfone groups is 1. The molecule has 2 aliphatic heterocycles. The number of carbonyl (C=O) groups excluding carboxylic acids is 1. The molecule has 11 heteroatoms. The van der Waals surface area contributed by atoms with Gasteiger partial charge < -0.3 is 9.64 Å². The number of rotatable bonds is 5. The molecule has 9 nitrogen and oxygen atoms in total. The summed E-state index contributed by atoms with van der Waals surface area (Å²) in [5.74, 6) is 0.442. The molecule has 0 spiro atoms. The SMILES string of the molecule is O=C(COc1ccc([N+](=O)[O-])cc1Cl)N1CCN(C2CCS(=O)(=O)C2)CC1. The van der Waals surface area contributed by atoms with Crippen LogP contribution in [-0.2, 0) is 14.6 Å². The first-order valence-corrected chi connectivity index (χ1v) is 10.7. The molecule has 148 valence electrons. The summed E-state index contributed by atoms with van der Waals surface area (Å²) >= 11 is 5.95. The van der Waals surface area contributed by atoms with Crippen molar-refractivity contribution in [3.05, 3.63) is 33.3 Å². The quantitative estimate of drug-likeness (QED) is 0.518. The number of ether oxygens (including phenoxy) is 1. The van der Waals surface area contributed by atoms with Gasteiger partial charge in [-0.1, -0.05) is 11.6 Å². The van der Waals surface area contributed by atoms with Crippen molar-refractivity contribution in [2.45, 2.75) is 12.5 Å². The molecule has 0 aliphatic carbocycles. The summed E-state index contributed by atoms with van der Waals surface area (Å²) in [4.78, 5) is 26.3. The molecule has 0 N–H and O–H groups in total. The van der Waals surface area contributed by atoms with E-state index in [9.17, 15) is 23.3 Å². The molecular weight excluding hydrogens is 398 g/mol. The van der Waals surface area contributed by atoms with E-state index in [1.807, 2.05) is 0 Å². The Morgan fingerprint density at radius 2 is 2.00 bits per heavy atom. The number of hydrogen-bond acceptors (Lipinski definition) is 7. The number of hydrogen-bond donors (Lipinski definition) is 0. The van der Waals surface area contributed by atoms with Crippen LogP contribution < -0.4 is 4.74 Å². The molecule has 0 bridgehead atoms. The number of halogens is 1. The minimum atomic E-state index is -2.92. The molecule has 2 fully saturated rings. The Balaban J connectivity index is 1.48. The first kappa shape index (κ1) is 19.8. The average Bonchev–Trinajstić information content (AvgIpc) is 3.00. The van der Waals surface area contributed by atoms with Gasteiger partial charge in [-0.15, -0.1) is 0 Å². The van der Waals surface area contributed by atoms with E-state index in [0.29, 0.717) is 32.6 Å². The van der Waals surface area contributed by atoms with Gasteiger partial charge in [-0.3, -0.25) is 19.8 Å². The molecule has 1 aromatic carbocycles. The van der Waals surface area contributed by atoms with Gasteiger partial charge in [-0.2, -0.15) is 0 Å². The van der Waals surface area contributed by atoms with E-state index in [2.05, 4.69) is 4.90 Å². The summed E-state index contributed by atoms with van der Waals surface area (Å²) in [6, 6.07) is 3.85. The van der Waals surface area contributed by atoms with Crippen LogP contribution in [0.4, 0.5) is 5.69 Å². The van der Waals surface area contributed by atoms with E-state index < -0.39 is 14.8 Å². The maximum Gasteiger partial charge on any atom is 0.271 e. The summed E-state index contributed by atoms with van der Waals surface area (Å²) < 4.78 is 28.6. The van der Waals surface area contributed by atoms with Crippen LogP contribution in [0.1, 0.15) is 6.42 Å². The monoisotopic (exact) mass is 417 g/mol. The second-order valence-corrected chi connectivity index (χ2v) is 9.27. The van der Waals surface area contributed by atoms with Gasteiger partial charge >= 0.3 is 0 Å². The van der Waals surface area contributed by atoms with E-state index in [0.717, 1.165) is 0 Å². The van der Waals surface area contributed by atoms with Crippen LogP contribution in [0.15, 0.2) is 18.2 Å². The lowest BCUT2D eigenvalue weighted by Gasteiger charge is -2.37. The number of benzene rings is 1. The van der Waals surface area contributed by atoms with Crippen LogP contribution >= 0.6 is 11.6 Å². The van der Waals surface area contributed by atoms with Crippen LogP contribution in [0.3, 0.4) is 0 Å². The topological polar surface area (TPSA) is 110 Å². The molecule has 0 radical (unpaired) electrons. The summed E-state index contributed by atoms with van der Waals surface area (Å²) in [5, 5.41) is 10.8. The third kappa shape index (κ3) is 4.88. The predicted octanol–water partition coefficient (Wildman–Crippen LogP) is 0.958.